The maximum Gasteiger partial charge on any atom is 0.304 e. The molecule has 4 heterocycles. The van der Waals surface area contributed by atoms with Gasteiger partial charge >= 0.3 is 5.97 Å². The average Bonchev–Trinajstić information content (AvgIpc) is 3.63. The Balaban J connectivity index is 1.29. The number of anilines is 2. The Morgan fingerprint density at radius 1 is 1.22 bits per heavy atom. The van der Waals surface area contributed by atoms with Crippen LogP contribution in [0.3, 0.4) is 0 Å². The number of nitrogens with zero attached hydrogens (tertiary/aromatic N) is 5. The van der Waals surface area contributed by atoms with Gasteiger partial charge in [-0.1, -0.05) is 42.5 Å². The first-order valence-corrected chi connectivity index (χ1v) is 18.2. The Morgan fingerprint density at radius 3 is 2.60 bits per heavy atom. The van der Waals surface area contributed by atoms with Crippen LogP contribution in [0.4, 0.5) is 15.5 Å². The number of fused-ring (bicyclic) bond motifs is 2. The van der Waals surface area contributed by atoms with Crippen LogP contribution in [0, 0.1) is 5.92 Å². The predicted octanol–water partition coefficient (Wildman–Crippen LogP) is 3.87. The van der Waals surface area contributed by atoms with Crippen molar-refractivity contribution in [2.24, 2.45) is 5.92 Å². The van der Waals surface area contributed by atoms with Crippen molar-refractivity contribution >= 4 is 37.6 Å². The van der Waals surface area contributed by atoms with Crippen LogP contribution in [0.25, 0.3) is 0 Å². The highest BCUT2D eigenvalue weighted by Gasteiger charge is 2.66. The molecule has 2 fully saturated rings. The number of aliphatic hydroxyl groups is 1. The molecule has 1 spiro atoms. The Kier molecular flexibility index (Phi) is 7.90. The number of esters is 1. The van der Waals surface area contributed by atoms with Crippen molar-refractivity contribution in [3.63, 3.8) is 0 Å². The highest BCUT2D eigenvalue weighted by molar-refractivity contribution is 6.72. The maximum atomic E-state index is 16.2. The zero-order valence-corrected chi connectivity index (χ0v) is 27.0. The molecule has 0 radical (unpaired) electrons. The summed E-state index contributed by atoms with van der Waals surface area (Å²) >= 11 is 0. The van der Waals surface area contributed by atoms with E-state index in [9.17, 15) is 19.5 Å². The summed E-state index contributed by atoms with van der Waals surface area (Å²) in [6, 6.07) is 14.8. The van der Waals surface area contributed by atoms with Gasteiger partial charge in [-0.25, -0.2) is 0 Å². The van der Waals surface area contributed by atoms with E-state index in [-0.39, 0.29) is 30.8 Å². The molecule has 2 aromatic carbocycles. The molecule has 3 aliphatic heterocycles. The van der Waals surface area contributed by atoms with Crippen LogP contribution in [0.2, 0.25) is 18.6 Å². The van der Waals surface area contributed by atoms with E-state index in [1.54, 1.807) is 49.2 Å². The second-order valence-electron chi connectivity index (χ2n) is 12.7. The maximum absolute atomic E-state index is 16.2. The third-order valence-electron chi connectivity index (χ3n) is 9.50. The fourth-order valence-corrected chi connectivity index (χ4v) is 9.98. The quantitative estimate of drug-likeness (QED) is 0.163. The first-order chi connectivity index (χ1) is 21.4. The van der Waals surface area contributed by atoms with Crippen molar-refractivity contribution in [2.45, 2.75) is 75.7 Å². The molecule has 2 saturated heterocycles. The Labute approximate surface area is 262 Å². The van der Waals surface area contributed by atoms with E-state index in [1.807, 2.05) is 37.3 Å². The van der Waals surface area contributed by atoms with Crippen molar-refractivity contribution in [3.05, 3.63) is 71.5 Å². The van der Waals surface area contributed by atoms with Crippen LogP contribution < -0.4 is 9.80 Å². The minimum atomic E-state index is -3.39. The van der Waals surface area contributed by atoms with Gasteiger partial charge in [0.15, 0.2) is 11.8 Å². The van der Waals surface area contributed by atoms with Gasteiger partial charge in [0.25, 0.3) is 5.91 Å². The Hall–Kier alpha value is -3.94. The van der Waals surface area contributed by atoms with Crippen molar-refractivity contribution in [3.8, 4) is 0 Å². The van der Waals surface area contributed by atoms with Gasteiger partial charge in [-0.2, -0.15) is 0 Å². The molecule has 2 unspecified atom stereocenters. The summed E-state index contributed by atoms with van der Waals surface area (Å²) in [7, 11) is -1.71. The molecule has 2 amide bonds. The minimum absolute atomic E-state index is 0.0771. The van der Waals surface area contributed by atoms with E-state index in [4.69, 9.17) is 9.47 Å². The van der Waals surface area contributed by atoms with Crippen LogP contribution in [-0.2, 0) is 36.0 Å². The molecule has 1 aromatic heterocycles. The molecule has 6 rings (SSSR count). The molecular formula is C32H38FN5O6Si. The molecule has 3 aliphatic rings. The number of aromatic nitrogens is 3. The van der Waals surface area contributed by atoms with E-state index in [1.165, 1.54) is 16.7 Å². The SMILES string of the molecule is CC(=O)OC1CC(=O)N1c1ccc2c(c1)[C@]1(O[C@@H](CCn3cc(C(CO)c4ccccc4)nn3)[C@H]([Si](C)(C)F)[C@H]1C)C(=O)N2C. The van der Waals surface area contributed by atoms with E-state index >= 15 is 4.11 Å². The highest BCUT2D eigenvalue weighted by atomic mass is 28.4. The smallest absolute Gasteiger partial charge is 0.304 e. The summed E-state index contributed by atoms with van der Waals surface area (Å²) in [5.41, 5.74) is 1.28. The van der Waals surface area contributed by atoms with E-state index in [0.29, 0.717) is 35.6 Å². The first kappa shape index (κ1) is 31.1. The number of carbonyl (C=O) groups is 3. The summed E-state index contributed by atoms with van der Waals surface area (Å²) < 4.78 is 29.9. The average molecular weight is 636 g/mol. The van der Waals surface area contributed by atoms with Gasteiger partial charge in [-0.3, -0.25) is 24.0 Å². The molecule has 238 valence electrons. The zero-order chi connectivity index (χ0) is 32.3. The number of likely N-dealkylation sites (N-methyl/N-ethyl adjacent to an activating group) is 1. The van der Waals surface area contributed by atoms with Crippen molar-refractivity contribution in [1.29, 1.82) is 0 Å². The molecule has 6 atom stereocenters. The number of aryl methyl sites for hydroxylation is 1. The lowest BCUT2D eigenvalue weighted by molar-refractivity contribution is -0.153. The highest BCUT2D eigenvalue weighted by Crippen LogP contribution is 2.60. The largest absolute Gasteiger partial charge is 0.441 e. The van der Waals surface area contributed by atoms with Crippen molar-refractivity contribution in [1.82, 2.24) is 15.0 Å². The summed E-state index contributed by atoms with van der Waals surface area (Å²) in [5.74, 6) is -1.81. The van der Waals surface area contributed by atoms with Gasteiger partial charge in [0.1, 0.15) is 0 Å². The van der Waals surface area contributed by atoms with Crippen LogP contribution in [0.5, 0.6) is 0 Å². The molecule has 13 heteroatoms. The summed E-state index contributed by atoms with van der Waals surface area (Å²) in [5, 5.41) is 18.7. The number of benzene rings is 2. The second kappa shape index (κ2) is 11.4. The summed E-state index contributed by atoms with van der Waals surface area (Å²) in [6.07, 6.45) is 0.939. The topological polar surface area (TPSA) is 127 Å². The standard InChI is InChI=1S/C32H38FN5O6Si/c1-19-30(45(4,5)33)27(13-14-37-17-25(34-35-37)23(18-39)21-9-7-6-8-10-21)44-32(19)24-15-22(11-12-26(24)36(3)31(32)42)38-28(41)16-29(38)43-20(2)40/h6-12,15,17,19,23,27,29-30,39H,13-14,16,18H2,1-5H3/t19-,23?,27+,29?,30-,32+/m1/s1. The molecular weight excluding hydrogens is 597 g/mol. The fraction of sp³-hybridized carbons (Fsp3) is 0.469. The van der Waals surface area contributed by atoms with Crippen LogP contribution in [0.15, 0.2) is 54.7 Å². The Bertz CT molecular complexity index is 1630. The molecule has 45 heavy (non-hydrogen) atoms. The van der Waals surface area contributed by atoms with Gasteiger partial charge in [-0.15, -0.1) is 5.10 Å². The van der Waals surface area contributed by atoms with Crippen molar-refractivity contribution in [2.75, 3.05) is 23.5 Å². The first-order valence-electron chi connectivity index (χ1n) is 15.2. The molecule has 11 nitrogen and oxygen atoms in total. The molecule has 0 aliphatic carbocycles. The lowest BCUT2D eigenvalue weighted by atomic mass is 9.82. The number of carbonyl (C=O) groups excluding carboxylic acids is 3. The molecule has 3 aromatic rings. The van der Waals surface area contributed by atoms with E-state index in [2.05, 4.69) is 10.3 Å². The number of aliphatic hydroxyl groups excluding tert-OH is 1. The number of β-lactam (4-membered cyclic amide) rings is 1. The normalized spacial score (nSPS) is 26.7. The lowest BCUT2D eigenvalue weighted by Crippen LogP contribution is -2.55. The van der Waals surface area contributed by atoms with Gasteiger partial charge < -0.3 is 23.6 Å². The van der Waals surface area contributed by atoms with Crippen LogP contribution in [-0.4, -0.2) is 72.3 Å². The number of halogens is 1. The monoisotopic (exact) mass is 635 g/mol. The second-order valence-corrected chi connectivity index (χ2v) is 16.5. The third kappa shape index (κ3) is 5.16. The van der Waals surface area contributed by atoms with Gasteiger partial charge in [0.2, 0.25) is 14.3 Å². The lowest BCUT2D eigenvalue weighted by Gasteiger charge is -2.39. The summed E-state index contributed by atoms with van der Waals surface area (Å²) in [4.78, 5) is 41.2. The van der Waals surface area contributed by atoms with Gasteiger partial charge in [0.05, 0.1) is 36.4 Å². The number of amides is 2. The molecule has 1 N–H and O–H groups in total. The van der Waals surface area contributed by atoms with Gasteiger partial charge in [-0.05, 0) is 43.3 Å². The zero-order valence-electron chi connectivity index (χ0n) is 26.0. The number of hydrogen-bond donors (Lipinski definition) is 1. The minimum Gasteiger partial charge on any atom is -0.441 e. The molecule has 0 saturated carbocycles. The Morgan fingerprint density at radius 2 is 1.96 bits per heavy atom. The van der Waals surface area contributed by atoms with Crippen molar-refractivity contribution < 1.29 is 33.1 Å². The molecule has 0 bridgehead atoms. The van der Waals surface area contributed by atoms with Gasteiger partial charge in [0, 0.05) is 49.4 Å². The fourth-order valence-electron chi connectivity index (χ4n) is 7.44. The van der Waals surface area contributed by atoms with E-state index in [0.717, 1.165) is 5.56 Å². The van der Waals surface area contributed by atoms with E-state index < -0.39 is 43.8 Å². The van der Waals surface area contributed by atoms with Crippen LogP contribution in [0.1, 0.15) is 49.4 Å². The number of ether oxygens (including phenoxy) is 2. The number of rotatable bonds is 9. The summed E-state index contributed by atoms with van der Waals surface area (Å²) in [6.45, 7) is 6.70. The van der Waals surface area contributed by atoms with Crippen LogP contribution >= 0.6 is 0 Å². The number of hydrogen-bond acceptors (Lipinski definition) is 8. The third-order valence-corrected chi connectivity index (χ3v) is 12.0. The predicted molar refractivity (Wildman–Crippen MR) is 166 cm³/mol.